The van der Waals surface area contributed by atoms with Gasteiger partial charge in [0.2, 0.25) is 0 Å². The third kappa shape index (κ3) is 2.26. The van der Waals surface area contributed by atoms with E-state index in [0.717, 1.165) is 11.1 Å². The molecule has 0 bridgehead atoms. The van der Waals surface area contributed by atoms with Gasteiger partial charge in [0.25, 0.3) is 0 Å². The van der Waals surface area contributed by atoms with Crippen molar-refractivity contribution < 1.29 is 10.2 Å². The third-order valence-electron chi connectivity index (χ3n) is 2.26. The highest BCUT2D eigenvalue weighted by Crippen LogP contribution is 2.33. The number of aliphatic hydroxyl groups excluding tert-OH is 1. The van der Waals surface area contributed by atoms with Gasteiger partial charge in [-0.2, -0.15) is 0 Å². The molecule has 0 spiro atoms. The molecule has 0 radical (unpaired) electrons. The second-order valence-electron chi connectivity index (χ2n) is 4.53. The molecule has 0 atom stereocenters. The molecule has 2 nitrogen and oxygen atoms in total. The molecule has 0 unspecified atom stereocenters. The summed E-state index contributed by atoms with van der Waals surface area (Å²) >= 11 is 0. The zero-order valence-electron chi connectivity index (χ0n) is 9.04. The largest absolute Gasteiger partial charge is 0.508 e. The van der Waals surface area contributed by atoms with Gasteiger partial charge in [-0.3, -0.25) is 0 Å². The van der Waals surface area contributed by atoms with E-state index in [1.807, 2.05) is 12.1 Å². The number of hydrogen-bond donors (Lipinski definition) is 2. The second kappa shape index (κ2) is 4.01. The number of aliphatic hydroxyl groups is 1. The van der Waals surface area contributed by atoms with Crippen LogP contribution in [0.4, 0.5) is 0 Å². The predicted molar refractivity (Wildman–Crippen MR) is 57.6 cm³/mol. The molecule has 2 N–H and O–H groups in total. The Hall–Kier alpha value is -1.02. The second-order valence-corrected chi connectivity index (χ2v) is 4.53. The van der Waals surface area contributed by atoms with E-state index in [2.05, 4.69) is 20.8 Å². The molecule has 2 heteroatoms. The number of rotatable bonds is 2. The maximum Gasteiger partial charge on any atom is 0.119 e. The van der Waals surface area contributed by atoms with Crippen LogP contribution in [0.1, 0.15) is 31.9 Å². The van der Waals surface area contributed by atoms with Gasteiger partial charge in [0.05, 0.1) is 0 Å². The highest BCUT2D eigenvalue weighted by molar-refractivity contribution is 5.43. The zero-order chi connectivity index (χ0) is 10.8. The lowest BCUT2D eigenvalue weighted by molar-refractivity contribution is 0.298. The minimum absolute atomic E-state index is 0.0875. The molecular formula is C12H18O2. The zero-order valence-corrected chi connectivity index (χ0v) is 9.04. The molecule has 1 aromatic rings. The van der Waals surface area contributed by atoms with Crippen LogP contribution in [0.3, 0.4) is 0 Å². The van der Waals surface area contributed by atoms with E-state index >= 15 is 0 Å². The lowest BCUT2D eigenvalue weighted by Crippen LogP contribution is -2.15. The van der Waals surface area contributed by atoms with Crippen LogP contribution in [0.15, 0.2) is 18.2 Å². The summed E-state index contributed by atoms with van der Waals surface area (Å²) in [5.41, 5.74) is 1.88. The summed E-state index contributed by atoms with van der Waals surface area (Å²) in [6.45, 7) is 6.29. The predicted octanol–water partition coefficient (Wildman–Crippen LogP) is 2.22. The molecule has 0 aliphatic rings. The van der Waals surface area contributed by atoms with Crippen LogP contribution >= 0.6 is 0 Å². The maximum atomic E-state index is 9.77. The Bertz CT molecular complexity index is 311. The van der Waals surface area contributed by atoms with Crippen molar-refractivity contribution in [3.63, 3.8) is 0 Å². The molecule has 1 aromatic carbocycles. The van der Waals surface area contributed by atoms with Crippen molar-refractivity contribution in [1.29, 1.82) is 0 Å². The fourth-order valence-corrected chi connectivity index (χ4v) is 1.78. The summed E-state index contributed by atoms with van der Waals surface area (Å²) in [5, 5.41) is 18.7. The summed E-state index contributed by atoms with van der Waals surface area (Å²) in [4.78, 5) is 0. The number of hydrogen-bond acceptors (Lipinski definition) is 2. The molecule has 0 amide bonds. The fourth-order valence-electron chi connectivity index (χ4n) is 1.78. The van der Waals surface area contributed by atoms with Crippen molar-refractivity contribution in [3.8, 4) is 5.75 Å². The Balaban J connectivity index is 3.22. The molecule has 78 valence electrons. The molecule has 0 aliphatic heterocycles. The first-order chi connectivity index (χ1) is 6.46. The summed E-state index contributed by atoms with van der Waals surface area (Å²) < 4.78 is 0. The van der Waals surface area contributed by atoms with Crippen LogP contribution in [0.5, 0.6) is 5.75 Å². The average Bonchev–Trinajstić information content (AvgIpc) is 2.02. The summed E-state index contributed by atoms with van der Waals surface area (Å²) in [7, 11) is 0. The Morgan fingerprint density at radius 2 is 1.86 bits per heavy atom. The molecule has 0 saturated carbocycles. The van der Waals surface area contributed by atoms with Crippen LogP contribution in [-0.2, 0) is 11.8 Å². The van der Waals surface area contributed by atoms with Crippen molar-refractivity contribution in [1.82, 2.24) is 0 Å². The highest BCUT2D eigenvalue weighted by atomic mass is 16.3. The molecule has 0 saturated heterocycles. The van der Waals surface area contributed by atoms with E-state index in [0.29, 0.717) is 12.2 Å². The van der Waals surface area contributed by atoms with Crippen LogP contribution in [0.2, 0.25) is 0 Å². The van der Waals surface area contributed by atoms with Gasteiger partial charge in [-0.1, -0.05) is 32.9 Å². The van der Waals surface area contributed by atoms with E-state index in [1.165, 1.54) is 0 Å². The Morgan fingerprint density at radius 1 is 1.21 bits per heavy atom. The van der Waals surface area contributed by atoms with Crippen LogP contribution < -0.4 is 0 Å². The minimum Gasteiger partial charge on any atom is -0.508 e. The highest BCUT2D eigenvalue weighted by Gasteiger charge is 2.21. The van der Waals surface area contributed by atoms with Crippen molar-refractivity contribution in [3.05, 3.63) is 29.3 Å². The van der Waals surface area contributed by atoms with E-state index in [9.17, 15) is 5.11 Å². The Labute approximate surface area is 85.2 Å². The first kappa shape index (κ1) is 11.1. The molecular weight excluding hydrogens is 176 g/mol. The number of benzene rings is 1. The van der Waals surface area contributed by atoms with Crippen molar-refractivity contribution >= 4 is 0 Å². The number of phenols is 1. The smallest absolute Gasteiger partial charge is 0.119 e. The van der Waals surface area contributed by atoms with E-state index in [4.69, 9.17) is 5.11 Å². The summed E-state index contributed by atoms with van der Waals surface area (Å²) in [5.74, 6) is 0.323. The third-order valence-corrected chi connectivity index (χ3v) is 2.26. The Kier molecular flexibility index (Phi) is 3.17. The lowest BCUT2D eigenvalue weighted by atomic mass is 9.82. The quantitative estimate of drug-likeness (QED) is 0.758. The molecule has 0 aromatic heterocycles. The fraction of sp³-hybridized carbons (Fsp3) is 0.500. The normalized spacial score (nSPS) is 11.7. The van der Waals surface area contributed by atoms with Gasteiger partial charge in [-0.25, -0.2) is 0 Å². The van der Waals surface area contributed by atoms with Crippen LogP contribution in [0.25, 0.3) is 0 Å². The van der Waals surface area contributed by atoms with E-state index in [1.54, 1.807) is 6.07 Å². The molecule has 14 heavy (non-hydrogen) atoms. The number of aromatic hydroxyl groups is 1. The number of phenolic OH excluding ortho intramolecular Hbond substituents is 1. The first-order valence-electron chi connectivity index (χ1n) is 4.89. The topological polar surface area (TPSA) is 40.5 Å². The molecule has 1 rings (SSSR count). The van der Waals surface area contributed by atoms with Gasteiger partial charge in [-0.05, 0) is 23.5 Å². The van der Waals surface area contributed by atoms with Crippen molar-refractivity contribution in [2.24, 2.45) is 0 Å². The average molecular weight is 194 g/mol. The van der Waals surface area contributed by atoms with Gasteiger partial charge in [0, 0.05) is 12.2 Å². The summed E-state index contributed by atoms with van der Waals surface area (Å²) in [6, 6.07) is 5.47. The monoisotopic (exact) mass is 194 g/mol. The standard InChI is InChI=1S/C12H18O2/c1-12(2,3)11-9(7-8-13)5-4-6-10(11)14/h4-6,13-14H,7-8H2,1-3H3. The Morgan fingerprint density at radius 3 is 2.36 bits per heavy atom. The van der Waals surface area contributed by atoms with Crippen molar-refractivity contribution in [2.45, 2.75) is 32.6 Å². The van der Waals surface area contributed by atoms with Crippen LogP contribution in [0, 0.1) is 0 Å². The van der Waals surface area contributed by atoms with Gasteiger partial charge in [0.15, 0.2) is 0 Å². The SMILES string of the molecule is CC(C)(C)c1c(O)cccc1CCO. The van der Waals surface area contributed by atoms with Gasteiger partial charge in [-0.15, -0.1) is 0 Å². The van der Waals surface area contributed by atoms with E-state index in [-0.39, 0.29) is 12.0 Å². The minimum atomic E-state index is -0.0875. The van der Waals surface area contributed by atoms with Gasteiger partial charge >= 0.3 is 0 Å². The van der Waals surface area contributed by atoms with E-state index < -0.39 is 0 Å². The molecule has 0 heterocycles. The first-order valence-corrected chi connectivity index (χ1v) is 4.89. The van der Waals surface area contributed by atoms with Crippen molar-refractivity contribution in [2.75, 3.05) is 6.61 Å². The lowest BCUT2D eigenvalue weighted by Gasteiger charge is -2.23. The summed E-state index contributed by atoms with van der Waals surface area (Å²) in [6.07, 6.45) is 0.598. The molecule has 0 aliphatic carbocycles. The maximum absolute atomic E-state index is 9.77. The van der Waals surface area contributed by atoms with Gasteiger partial charge in [0.1, 0.15) is 5.75 Å². The van der Waals surface area contributed by atoms with Gasteiger partial charge < -0.3 is 10.2 Å². The molecule has 0 fully saturated rings. The van der Waals surface area contributed by atoms with Crippen LogP contribution in [-0.4, -0.2) is 16.8 Å².